The molecule has 0 radical (unpaired) electrons. The normalized spacial score (nSPS) is 24.9. The van der Waals surface area contributed by atoms with Crippen LogP contribution in [0.2, 0.25) is 0 Å². The van der Waals surface area contributed by atoms with Gasteiger partial charge in [-0.3, -0.25) is 0 Å². The Hall–Kier alpha value is -3.34. The topological polar surface area (TPSA) is 81.7 Å². The van der Waals surface area contributed by atoms with E-state index >= 15 is 0 Å². The molecule has 3 heterocycles. The van der Waals surface area contributed by atoms with Crippen molar-refractivity contribution in [2.75, 3.05) is 13.2 Å². The maximum Gasteiger partial charge on any atom is 0.419 e. The summed E-state index contributed by atoms with van der Waals surface area (Å²) >= 11 is 0. The second-order valence-electron chi connectivity index (χ2n) is 7.37. The van der Waals surface area contributed by atoms with Crippen molar-refractivity contribution >= 4 is 11.7 Å². The zero-order valence-corrected chi connectivity index (χ0v) is 16.0. The summed E-state index contributed by atoms with van der Waals surface area (Å²) in [7, 11) is 0. The first-order valence-electron chi connectivity index (χ1n) is 9.35. The fraction of sp³-hybridized carbons (Fsp3) is 0.300. The summed E-state index contributed by atoms with van der Waals surface area (Å²) in [6, 6.07) is 4.12. The lowest BCUT2D eigenvalue weighted by Gasteiger charge is -2.10. The van der Waals surface area contributed by atoms with Gasteiger partial charge in [-0.25, -0.2) is 14.4 Å². The first-order valence-corrected chi connectivity index (χ1v) is 9.35. The Balaban J connectivity index is 1.56. The monoisotopic (exact) mass is 435 g/mol. The summed E-state index contributed by atoms with van der Waals surface area (Å²) < 4.78 is 60.0. The van der Waals surface area contributed by atoms with Gasteiger partial charge in [0.15, 0.2) is 23.5 Å². The van der Waals surface area contributed by atoms with Crippen molar-refractivity contribution in [3.63, 3.8) is 0 Å². The number of rotatable bonds is 2. The quantitative estimate of drug-likeness (QED) is 0.447. The molecule has 1 aromatic carbocycles. The highest BCUT2D eigenvalue weighted by Crippen LogP contribution is 2.46. The number of amidine groups is 2. The molecule has 1 N–H and O–H groups in total. The number of ether oxygens (including phenoxy) is 1. The number of nitrogens with zero attached hydrogens (tertiary/aromatic N) is 4. The predicted molar refractivity (Wildman–Crippen MR) is 97.6 cm³/mol. The molecule has 1 saturated carbocycles. The first kappa shape index (κ1) is 19.6. The van der Waals surface area contributed by atoms with Crippen LogP contribution in [0.4, 0.5) is 17.6 Å². The number of benzene rings is 1. The third kappa shape index (κ3) is 3.34. The zero-order chi connectivity index (χ0) is 21.9. The molecule has 0 spiro atoms. The molecule has 0 bridgehead atoms. The van der Waals surface area contributed by atoms with Crippen molar-refractivity contribution in [2.45, 2.75) is 13.1 Å². The van der Waals surface area contributed by atoms with Gasteiger partial charge >= 0.3 is 12.1 Å². The van der Waals surface area contributed by atoms with Crippen molar-refractivity contribution in [1.29, 1.82) is 0 Å². The van der Waals surface area contributed by atoms with Crippen LogP contribution >= 0.6 is 0 Å². The number of halogens is 4. The molecule has 0 unspecified atom stereocenters. The molecule has 2 aromatic rings. The lowest BCUT2D eigenvalue weighted by atomic mass is 10.2. The molecule has 1 saturated heterocycles. The SMILES string of the molecule is CC1=NC(=NOc2cccc(C(F)(F)F)c2F)c2c[n+](=C3[C@H]4COC[C@@H]34)c(O)cc2=N1. The molecule has 31 heavy (non-hydrogen) atoms. The summed E-state index contributed by atoms with van der Waals surface area (Å²) in [5.41, 5.74) is -0.0817. The van der Waals surface area contributed by atoms with Gasteiger partial charge in [-0.2, -0.15) is 13.2 Å². The summed E-state index contributed by atoms with van der Waals surface area (Å²) in [6.45, 7) is 2.73. The zero-order valence-electron chi connectivity index (χ0n) is 16.0. The highest BCUT2D eigenvalue weighted by molar-refractivity contribution is 6.07. The average molecular weight is 435 g/mol. The fourth-order valence-corrected chi connectivity index (χ4v) is 3.82. The smallest absolute Gasteiger partial charge is 0.419 e. The number of oxime groups is 1. The Morgan fingerprint density at radius 1 is 1.23 bits per heavy atom. The van der Waals surface area contributed by atoms with Crippen molar-refractivity contribution in [2.24, 2.45) is 27.0 Å². The summed E-state index contributed by atoms with van der Waals surface area (Å²) in [5, 5.41) is 14.6. The minimum atomic E-state index is -4.87. The highest BCUT2D eigenvalue weighted by atomic mass is 19.4. The van der Waals surface area contributed by atoms with Crippen molar-refractivity contribution in [3.8, 4) is 11.6 Å². The minimum absolute atomic E-state index is 0.00396. The van der Waals surface area contributed by atoms with Crippen LogP contribution < -0.4 is 14.4 Å². The molecule has 2 fully saturated rings. The van der Waals surface area contributed by atoms with Gasteiger partial charge in [-0.05, 0) is 19.1 Å². The minimum Gasteiger partial charge on any atom is -0.459 e. The van der Waals surface area contributed by atoms with Crippen LogP contribution in [0.5, 0.6) is 11.6 Å². The molecule has 11 heteroatoms. The van der Waals surface area contributed by atoms with Gasteiger partial charge in [0.2, 0.25) is 5.84 Å². The van der Waals surface area contributed by atoms with E-state index in [0.29, 0.717) is 36.0 Å². The van der Waals surface area contributed by atoms with E-state index in [1.807, 2.05) is 0 Å². The number of aromatic nitrogens is 1. The van der Waals surface area contributed by atoms with Crippen LogP contribution in [-0.2, 0) is 10.9 Å². The molecule has 3 aliphatic rings. The Morgan fingerprint density at radius 3 is 2.68 bits per heavy atom. The van der Waals surface area contributed by atoms with Crippen LogP contribution in [0.15, 0.2) is 45.6 Å². The molecular weight excluding hydrogens is 420 g/mol. The Kier molecular flexibility index (Phi) is 4.33. The number of alkyl halides is 3. The third-order valence-corrected chi connectivity index (χ3v) is 5.35. The molecule has 2 atom stereocenters. The van der Waals surface area contributed by atoms with Crippen LogP contribution in [0, 0.1) is 23.4 Å². The molecule has 7 nitrogen and oxygen atoms in total. The van der Waals surface area contributed by atoms with Crippen LogP contribution in [0.3, 0.4) is 0 Å². The van der Waals surface area contributed by atoms with E-state index in [4.69, 9.17) is 9.57 Å². The van der Waals surface area contributed by atoms with Crippen molar-refractivity contribution in [1.82, 2.24) is 0 Å². The highest BCUT2D eigenvalue weighted by Gasteiger charge is 2.57. The largest absolute Gasteiger partial charge is 0.459 e. The number of fused-ring (bicyclic) bond motifs is 2. The maximum absolute atomic E-state index is 14.2. The number of pyridine rings is 1. The molecule has 160 valence electrons. The van der Waals surface area contributed by atoms with Crippen LogP contribution in [-0.4, -0.2) is 30.0 Å². The van der Waals surface area contributed by atoms with Crippen LogP contribution in [0.1, 0.15) is 18.1 Å². The summed E-state index contributed by atoms with van der Waals surface area (Å²) in [5.74, 6) is -1.55. The lowest BCUT2D eigenvalue weighted by molar-refractivity contribution is -0.530. The lowest BCUT2D eigenvalue weighted by Crippen LogP contribution is -2.31. The Labute approximate surface area is 172 Å². The van der Waals surface area contributed by atoms with E-state index in [9.17, 15) is 22.7 Å². The van der Waals surface area contributed by atoms with E-state index in [1.165, 1.54) is 6.07 Å². The fourth-order valence-electron chi connectivity index (χ4n) is 3.82. The van der Waals surface area contributed by atoms with E-state index in [0.717, 1.165) is 17.8 Å². The first-order chi connectivity index (χ1) is 14.7. The number of hydrogen-bond acceptors (Lipinski definition) is 5. The van der Waals surface area contributed by atoms with E-state index in [2.05, 4.69) is 15.1 Å². The van der Waals surface area contributed by atoms with Gasteiger partial charge in [0.05, 0.1) is 42.0 Å². The van der Waals surface area contributed by atoms with Gasteiger partial charge < -0.3 is 14.7 Å². The molecular formula is C20H15F4N4O3+. The van der Waals surface area contributed by atoms with Gasteiger partial charge in [-0.15, -0.1) is 4.24 Å². The van der Waals surface area contributed by atoms with E-state index in [1.54, 1.807) is 17.4 Å². The predicted octanol–water partition coefficient (Wildman–Crippen LogP) is 2.29. The average Bonchev–Trinajstić information content (AvgIpc) is 3.15. The third-order valence-electron chi connectivity index (χ3n) is 5.35. The Bertz CT molecular complexity index is 1270. The molecule has 1 aliphatic carbocycles. The van der Waals surface area contributed by atoms with Crippen molar-refractivity contribution < 1.29 is 36.5 Å². The Morgan fingerprint density at radius 2 is 1.97 bits per heavy atom. The second kappa shape index (κ2) is 6.84. The number of aromatic hydroxyl groups is 1. The number of aliphatic imine (C=N–C) groups is 1. The van der Waals surface area contributed by atoms with Gasteiger partial charge in [0.1, 0.15) is 11.4 Å². The molecule has 1 aromatic heterocycles. The van der Waals surface area contributed by atoms with Gasteiger partial charge in [-0.1, -0.05) is 11.2 Å². The second-order valence-corrected chi connectivity index (χ2v) is 7.37. The van der Waals surface area contributed by atoms with Crippen LogP contribution in [0.25, 0.3) is 0 Å². The standard InChI is InChI=1S/C20H14F4N4O3/c1-9-25-14-5-16(29)28(18-11-7-30-8-12(11)18)6-10(14)19(26-9)27-31-15-4-2-3-13(17(15)21)20(22,23)24/h2-6,11-12H,7-8H2,1H3/p+1/t11-,12+. The molecule has 0 amide bonds. The van der Waals surface area contributed by atoms with E-state index < -0.39 is 23.3 Å². The van der Waals surface area contributed by atoms with Crippen molar-refractivity contribution in [3.05, 3.63) is 58.5 Å². The molecule has 5 rings (SSSR count). The van der Waals surface area contributed by atoms with Gasteiger partial charge in [0.25, 0.3) is 0 Å². The van der Waals surface area contributed by atoms with Gasteiger partial charge in [0, 0.05) is 0 Å². The number of hydrogen-bond donors (Lipinski definition) is 1. The van der Waals surface area contributed by atoms with E-state index in [-0.39, 0.29) is 23.6 Å². The molecule has 2 aliphatic heterocycles. The maximum atomic E-state index is 14.2. The summed E-state index contributed by atoms with van der Waals surface area (Å²) in [6.07, 6.45) is -3.28. The summed E-state index contributed by atoms with van der Waals surface area (Å²) in [4.78, 5) is 13.4.